The minimum absolute atomic E-state index is 0.0685. The zero-order valence-corrected chi connectivity index (χ0v) is 14.7. The zero-order chi connectivity index (χ0) is 19.8. The number of imide groups is 1. The summed E-state index contributed by atoms with van der Waals surface area (Å²) in [5, 5.41) is 21.6. The van der Waals surface area contributed by atoms with Gasteiger partial charge in [0, 0.05) is 24.1 Å². The normalized spacial score (nSPS) is 16.6. The number of benzene rings is 2. The maximum absolute atomic E-state index is 12.6. The number of nitro groups is 1. The lowest BCUT2D eigenvalue weighted by Crippen LogP contribution is -2.41. The van der Waals surface area contributed by atoms with Crippen molar-refractivity contribution in [3.8, 4) is 0 Å². The van der Waals surface area contributed by atoms with E-state index < -0.39 is 28.3 Å². The smallest absolute Gasteiger partial charge is 0.269 e. The lowest BCUT2D eigenvalue weighted by atomic mass is 9.80. The number of nitro benzene ring substituents is 1. The summed E-state index contributed by atoms with van der Waals surface area (Å²) in [7, 11) is 0. The highest BCUT2D eigenvalue weighted by molar-refractivity contribution is 6.21. The summed E-state index contributed by atoms with van der Waals surface area (Å²) in [4.78, 5) is 36.6. The van der Waals surface area contributed by atoms with E-state index in [2.05, 4.69) is 6.58 Å². The molecule has 7 heteroatoms. The van der Waals surface area contributed by atoms with Crippen LogP contribution in [0.25, 0.3) is 0 Å². The first-order valence-corrected chi connectivity index (χ1v) is 8.30. The topological polar surface area (TPSA) is 101 Å². The number of carbonyl (C=O) groups is 2. The molecule has 0 spiro atoms. The summed E-state index contributed by atoms with van der Waals surface area (Å²) in [6.07, 6.45) is 0.378. The summed E-state index contributed by atoms with van der Waals surface area (Å²) in [6, 6.07) is 12.0. The molecular formula is C20H18N2O5. The van der Waals surface area contributed by atoms with Crippen LogP contribution in [0.2, 0.25) is 0 Å². The van der Waals surface area contributed by atoms with Crippen LogP contribution in [-0.2, 0) is 0 Å². The Balaban J connectivity index is 1.87. The third-order valence-electron chi connectivity index (χ3n) is 4.89. The number of aliphatic hydroxyl groups excluding tert-OH is 1. The van der Waals surface area contributed by atoms with Gasteiger partial charge in [-0.05, 0) is 29.8 Å². The van der Waals surface area contributed by atoms with Crippen molar-refractivity contribution < 1.29 is 19.6 Å². The van der Waals surface area contributed by atoms with E-state index in [1.807, 2.05) is 0 Å². The van der Waals surface area contributed by atoms with Gasteiger partial charge in [-0.2, -0.15) is 0 Å². The lowest BCUT2D eigenvalue weighted by Gasteiger charge is -2.34. The average molecular weight is 366 g/mol. The molecule has 2 aromatic rings. The molecule has 0 fully saturated rings. The van der Waals surface area contributed by atoms with Crippen molar-refractivity contribution in [2.75, 3.05) is 6.54 Å². The van der Waals surface area contributed by atoms with Crippen molar-refractivity contribution in [2.24, 2.45) is 5.41 Å². The first-order valence-electron chi connectivity index (χ1n) is 8.30. The fraction of sp³-hybridized carbons (Fsp3) is 0.200. The molecule has 1 aliphatic heterocycles. The van der Waals surface area contributed by atoms with Crippen LogP contribution in [0, 0.1) is 15.5 Å². The van der Waals surface area contributed by atoms with Crippen LogP contribution >= 0.6 is 0 Å². The van der Waals surface area contributed by atoms with Gasteiger partial charge in [-0.1, -0.05) is 25.1 Å². The van der Waals surface area contributed by atoms with Crippen molar-refractivity contribution in [1.82, 2.24) is 4.90 Å². The summed E-state index contributed by atoms with van der Waals surface area (Å²) in [6.45, 7) is 5.36. The van der Waals surface area contributed by atoms with E-state index in [1.54, 1.807) is 31.2 Å². The first kappa shape index (κ1) is 18.5. The predicted molar refractivity (Wildman–Crippen MR) is 98.2 cm³/mol. The predicted octanol–water partition coefficient (Wildman–Crippen LogP) is 3.12. The number of non-ortho nitro benzene ring substituents is 1. The largest absolute Gasteiger partial charge is 0.387 e. The second-order valence-electron chi connectivity index (χ2n) is 6.70. The van der Waals surface area contributed by atoms with Gasteiger partial charge in [0.25, 0.3) is 17.5 Å². The number of nitrogens with zero attached hydrogens (tertiary/aromatic N) is 2. The van der Waals surface area contributed by atoms with Gasteiger partial charge in [-0.3, -0.25) is 24.6 Å². The quantitative estimate of drug-likeness (QED) is 0.366. The second kappa shape index (κ2) is 6.77. The molecule has 2 aromatic carbocycles. The number of aliphatic hydroxyl groups is 1. The molecule has 0 saturated carbocycles. The van der Waals surface area contributed by atoms with Crippen molar-refractivity contribution in [1.29, 1.82) is 0 Å². The molecule has 0 unspecified atom stereocenters. The average Bonchev–Trinajstić information content (AvgIpc) is 2.92. The zero-order valence-electron chi connectivity index (χ0n) is 14.7. The monoisotopic (exact) mass is 366 g/mol. The van der Waals surface area contributed by atoms with Crippen LogP contribution in [0.5, 0.6) is 0 Å². The Morgan fingerprint density at radius 2 is 1.67 bits per heavy atom. The van der Waals surface area contributed by atoms with E-state index in [-0.39, 0.29) is 12.2 Å². The van der Waals surface area contributed by atoms with Gasteiger partial charge in [0.1, 0.15) is 0 Å². The lowest BCUT2D eigenvalue weighted by molar-refractivity contribution is -0.384. The highest BCUT2D eigenvalue weighted by Crippen LogP contribution is 2.38. The number of amides is 2. The highest BCUT2D eigenvalue weighted by atomic mass is 16.6. The van der Waals surface area contributed by atoms with Crippen molar-refractivity contribution >= 4 is 17.5 Å². The molecule has 1 N–H and O–H groups in total. The van der Waals surface area contributed by atoms with Gasteiger partial charge in [-0.25, -0.2) is 0 Å². The molecule has 0 saturated heterocycles. The summed E-state index contributed by atoms with van der Waals surface area (Å²) in [5.74, 6) is -0.834. The van der Waals surface area contributed by atoms with E-state index in [4.69, 9.17) is 0 Å². The summed E-state index contributed by atoms with van der Waals surface area (Å²) >= 11 is 0. The first-order chi connectivity index (χ1) is 12.8. The van der Waals surface area contributed by atoms with Crippen LogP contribution < -0.4 is 0 Å². The van der Waals surface area contributed by atoms with Gasteiger partial charge < -0.3 is 5.11 Å². The standard InChI is InChI=1S/C20H18N2O5/c1-3-20(2,17(23)13-8-10-14(11-9-13)22(26)27)12-21-18(24)15-6-4-5-7-16(15)19(21)25/h3-11,17,23H,1,12H2,2H3/t17-,20-/m1/s1. The molecule has 27 heavy (non-hydrogen) atoms. The van der Waals surface area contributed by atoms with Gasteiger partial charge in [0.05, 0.1) is 22.2 Å². The number of hydrogen-bond acceptors (Lipinski definition) is 5. The third kappa shape index (κ3) is 3.13. The van der Waals surface area contributed by atoms with E-state index in [9.17, 15) is 24.8 Å². The Bertz CT molecular complexity index is 903. The van der Waals surface area contributed by atoms with Gasteiger partial charge in [0.15, 0.2) is 0 Å². The Hall–Kier alpha value is -3.32. The Labute approximate surface area is 155 Å². The van der Waals surface area contributed by atoms with Crippen LogP contribution in [0.4, 0.5) is 5.69 Å². The molecule has 7 nitrogen and oxygen atoms in total. The fourth-order valence-electron chi connectivity index (χ4n) is 3.15. The maximum Gasteiger partial charge on any atom is 0.269 e. The maximum atomic E-state index is 12.6. The molecule has 3 rings (SSSR count). The minimum Gasteiger partial charge on any atom is -0.387 e. The Morgan fingerprint density at radius 3 is 2.11 bits per heavy atom. The summed E-state index contributed by atoms with van der Waals surface area (Å²) in [5.41, 5.74) is -0.0348. The second-order valence-corrected chi connectivity index (χ2v) is 6.70. The summed E-state index contributed by atoms with van der Waals surface area (Å²) < 4.78 is 0. The van der Waals surface area contributed by atoms with Gasteiger partial charge in [0.2, 0.25) is 0 Å². The van der Waals surface area contributed by atoms with Gasteiger partial charge in [-0.15, -0.1) is 6.58 Å². The molecular weight excluding hydrogens is 348 g/mol. The van der Waals surface area contributed by atoms with Crippen molar-refractivity contribution in [2.45, 2.75) is 13.0 Å². The SMILES string of the molecule is C=C[C@](C)(CN1C(=O)c2ccccc2C1=O)[C@H](O)c1ccc([N+](=O)[O-])cc1. The number of fused-ring (bicyclic) bond motifs is 1. The Kier molecular flexibility index (Phi) is 4.63. The van der Waals surface area contributed by atoms with Gasteiger partial charge >= 0.3 is 0 Å². The number of rotatable bonds is 6. The van der Waals surface area contributed by atoms with Crippen molar-refractivity contribution in [3.05, 3.63) is 88.0 Å². The highest BCUT2D eigenvalue weighted by Gasteiger charge is 2.41. The number of hydrogen-bond donors (Lipinski definition) is 1. The molecule has 2 amide bonds. The van der Waals surface area contributed by atoms with E-state index >= 15 is 0 Å². The van der Waals surface area contributed by atoms with Crippen LogP contribution in [0.1, 0.15) is 39.3 Å². The molecule has 1 heterocycles. The fourth-order valence-corrected chi connectivity index (χ4v) is 3.15. The van der Waals surface area contributed by atoms with E-state index in [0.29, 0.717) is 16.7 Å². The van der Waals surface area contributed by atoms with Crippen molar-refractivity contribution in [3.63, 3.8) is 0 Å². The molecule has 1 aliphatic rings. The molecule has 0 bridgehead atoms. The van der Waals surface area contributed by atoms with Crippen LogP contribution in [-0.4, -0.2) is 33.3 Å². The molecule has 2 atom stereocenters. The number of carbonyl (C=O) groups excluding carboxylic acids is 2. The Morgan fingerprint density at radius 1 is 1.15 bits per heavy atom. The van der Waals surface area contributed by atoms with E-state index in [0.717, 1.165) is 4.90 Å². The van der Waals surface area contributed by atoms with Crippen LogP contribution in [0.15, 0.2) is 61.2 Å². The van der Waals surface area contributed by atoms with Crippen LogP contribution in [0.3, 0.4) is 0 Å². The molecule has 0 aliphatic carbocycles. The third-order valence-corrected chi connectivity index (χ3v) is 4.89. The van der Waals surface area contributed by atoms with E-state index in [1.165, 1.54) is 30.3 Å². The minimum atomic E-state index is -1.11. The molecule has 138 valence electrons. The molecule has 0 aromatic heterocycles. The molecule has 0 radical (unpaired) electrons.